The van der Waals surface area contributed by atoms with E-state index in [-0.39, 0.29) is 23.1 Å². The van der Waals surface area contributed by atoms with E-state index in [1.165, 1.54) is 16.4 Å². The Morgan fingerprint density at radius 3 is 2.72 bits per heavy atom. The number of thioether (sulfide) groups is 1. The molecule has 164 valence electrons. The summed E-state index contributed by atoms with van der Waals surface area (Å²) in [7, 11) is 1.80. The summed E-state index contributed by atoms with van der Waals surface area (Å²) in [5.74, 6) is -0.184. The number of amides is 1. The molecule has 0 aliphatic carbocycles. The fourth-order valence-corrected chi connectivity index (χ4v) is 3.60. The zero-order chi connectivity index (χ0) is 22.7. The van der Waals surface area contributed by atoms with Crippen molar-refractivity contribution in [2.24, 2.45) is 12.1 Å². The van der Waals surface area contributed by atoms with Gasteiger partial charge in [0, 0.05) is 17.8 Å². The Morgan fingerprint density at radius 1 is 1.28 bits per heavy atom. The number of nitrogen functional groups attached to an aromatic ring is 1. The molecule has 1 amide bonds. The molecule has 4 rings (SSSR count). The van der Waals surface area contributed by atoms with Gasteiger partial charge in [-0.1, -0.05) is 40.7 Å². The SMILES string of the molecule is C/C(=N\NC(=O)c1nnn(-c2nonc2N)c1CSc1nncn1C)c1ccc(Cl)cc1. The van der Waals surface area contributed by atoms with Crippen molar-refractivity contribution in [2.45, 2.75) is 17.8 Å². The molecular weight excluding hydrogens is 458 g/mol. The van der Waals surface area contributed by atoms with Gasteiger partial charge in [-0.25, -0.2) is 10.1 Å². The number of hydrogen-bond donors (Lipinski definition) is 2. The van der Waals surface area contributed by atoms with E-state index in [0.29, 0.717) is 21.6 Å². The predicted molar refractivity (Wildman–Crippen MR) is 115 cm³/mol. The van der Waals surface area contributed by atoms with Crippen molar-refractivity contribution in [3.63, 3.8) is 0 Å². The molecule has 3 N–H and O–H groups in total. The van der Waals surface area contributed by atoms with Crippen LogP contribution in [0.1, 0.15) is 28.7 Å². The Labute approximate surface area is 190 Å². The molecule has 0 spiro atoms. The number of nitrogens with two attached hydrogens (primary N) is 1. The molecule has 0 bridgehead atoms. The summed E-state index contributed by atoms with van der Waals surface area (Å²) in [6.45, 7) is 1.76. The van der Waals surface area contributed by atoms with E-state index in [9.17, 15) is 4.79 Å². The van der Waals surface area contributed by atoms with E-state index >= 15 is 0 Å². The summed E-state index contributed by atoms with van der Waals surface area (Å²) in [4.78, 5) is 12.9. The van der Waals surface area contributed by atoms with Gasteiger partial charge in [0.25, 0.3) is 5.91 Å². The van der Waals surface area contributed by atoms with E-state index < -0.39 is 5.91 Å². The Morgan fingerprint density at radius 2 is 2.06 bits per heavy atom. The Balaban J connectivity index is 1.60. The third-order valence-corrected chi connectivity index (χ3v) is 5.57. The van der Waals surface area contributed by atoms with Crippen LogP contribution in [0.5, 0.6) is 0 Å². The van der Waals surface area contributed by atoms with Gasteiger partial charge in [-0.15, -0.1) is 15.3 Å². The summed E-state index contributed by atoms with van der Waals surface area (Å²) in [5.41, 5.74) is 10.1. The van der Waals surface area contributed by atoms with Crippen LogP contribution in [0.3, 0.4) is 0 Å². The number of rotatable bonds is 7. The third kappa shape index (κ3) is 4.45. The maximum atomic E-state index is 12.9. The van der Waals surface area contributed by atoms with Crippen LogP contribution < -0.4 is 11.2 Å². The summed E-state index contributed by atoms with van der Waals surface area (Å²) in [6, 6.07) is 7.07. The molecule has 1 aromatic carbocycles. The fourth-order valence-electron chi connectivity index (χ4n) is 2.59. The number of carbonyl (C=O) groups excluding carboxylic acids is 1. The minimum atomic E-state index is -0.562. The van der Waals surface area contributed by atoms with E-state index in [1.54, 1.807) is 49.1 Å². The Hall–Kier alpha value is -3.78. The maximum Gasteiger partial charge on any atom is 0.293 e. The third-order valence-electron chi connectivity index (χ3n) is 4.27. The standard InChI is InChI=1S/C17H16ClN11O2S/c1-9(10-3-5-11(18)6-4-10)21-23-16(30)13-12(7-32-17-24-20-8-28(17)2)29(27-22-13)15-14(19)25-31-26-15/h3-6,8H,7H2,1-2H3,(H2,19,25)(H,23,30)/b21-9+. The zero-order valence-corrected chi connectivity index (χ0v) is 18.4. The van der Waals surface area contributed by atoms with Gasteiger partial charge in [0.05, 0.1) is 11.4 Å². The van der Waals surface area contributed by atoms with Crippen LogP contribution in [0, 0.1) is 0 Å². The molecule has 15 heteroatoms. The van der Waals surface area contributed by atoms with Crippen molar-refractivity contribution < 1.29 is 9.42 Å². The van der Waals surface area contributed by atoms with Crippen molar-refractivity contribution in [1.29, 1.82) is 0 Å². The van der Waals surface area contributed by atoms with Crippen molar-refractivity contribution in [1.82, 2.24) is 45.5 Å². The fraction of sp³-hybridized carbons (Fsp3) is 0.176. The van der Waals surface area contributed by atoms with Crippen molar-refractivity contribution >= 4 is 40.8 Å². The lowest BCUT2D eigenvalue weighted by Gasteiger charge is -2.06. The van der Waals surface area contributed by atoms with Crippen molar-refractivity contribution in [2.75, 3.05) is 5.73 Å². The summed E-state index contributed by atoms with van der Waals surface area (Å²) in [5, 5.41) is 28.5. The highest BCUT2D eigenvalue weighted by Crippen LogP contribution is 2.24. The number of hydrazone groups is 1. The van der Waals surface area contributed by atoms with Crippen LogP contribution in [0.25, 0.3) is 5.82 Å². The minimum absolute atomic E-state index is 0.00312. The minimum Gasteiger partial charge on any atom is -0.378 e. The molecule has 0 saturated carbocycles. The van der Waals surface area contributed by atoms with Crippen molar-refractivity contribution in [3.05, 3.63) is 52.6 Å². The van der Waals surface area contributed by atoms with Gasteiger partial charge < -0.3 is 10.3 Å². The second kappa shape index (κ2) is 9.15. The lowest BCUT2D eigenvalue weighted by molar-refractivity contribution is 0.0949. The molecule has 3 aromatic heterocycles. The average molecular weight is 474 g/mol. The van der Waals surface area contributed by atoms with Crippen LogP contribution in [-0.2, 0) is 12.8 Å². The molecule has 13 nitrogen and oxygen atoms in total. The molecule has 3 heterocycles. The monoisotopic (exact) mass is 473 g/mol. The lowest BCUT2D eigenvalue weighted by atomic mass is 10.1. The van der Waals surface area contributed by atoms with E-state index in [0.717, 1.165) is 5.56 Å². The number of anilines is 1. The highest BCUT2D eigenvalue weighted by Gasteiger charge is 2.24. The molecular formula is C17H16ClN11O2S. The topological polar surface area (TPSA) is 168 Å². The van der Waals surface area contributed by atoms with Crippen LogP contribution in [0.2, 0.25) is 5.02 Å². The second-order valence-corrected chi connectivity index (χ2v) is 7.81. The first-order valence-corrected chi connectivity index (χ1v) is 10.4. The molecule has 4 aromatic rings. The summed E-state index contributed by atoms with van der Waals surface area (Å²) >= 11 is 7.23. The predicted octanol–water partition coefficient (Wildman–Crippen LogP) is 1.46. The number of halogens is 1. The van der Waals surface area contributed by atoms with Crippen LogP contribution in [0.4, 0.5) is 5.82 Å². The second-order valence-electron chi connectivity index (χ2n) is 6.43. The number of nitrogens with zero attached hydrogens (tertiary/aromatic N) is 9. The Bertz CT molecular complexity index is 1280. The number of benzene rings is 1. The number of carbonyl (C=O) groups is 1. The van der Waals surface area contributed by atoms with Gasteiger partial charge in [-0.05, 0) is 34.9 Å². The number of aryl methyl sites for hydroxylation is 1. The van der Waals surface area contributed by atoms with Gasteiger partial charge in [0.15, 0.2) is 10.9 Å². The number of aromatic nitrogens is 8. The highest BCUT2D eigenvalue weighted by molar-refractivity contribution is 7.98. The molecule has 0 aliphatic rings. The quantitative estimate of drug-likeness (QED) is 0.227. The van der Waals surface area contributed by atoms with Crippen LogP contribution in [0.15, 0.2) is 45.5 Å². The molecule has 0 unspecified atom stereocenters. The highest BCUT2D eigenvalue weighted by atomic mass is 35.5. The first-order chi connectivity index (χ1) is 15.4. The first kappa shape index (κ1) is 21.5. The van der Waals surface area contributed by atoms with Gasteiger partial charge >= 0.3 is 0 Å². The molecule has 0 radical (unpaired) electrons. The molecule has 0 atom stereocenters. The number of hydrogen-bond acceptors (Lipinski definition) is 11. The molecule has 0 saturated heterocycles. The van der Waals surface area contributed by atoms with E-state index in [2.05, 4.69) is 46.0 Å². The maximum absolute atomic E-state index is 12.9. The molecule has 0 aliphatic heterocycles. The number of nitrogens with one attached hydrogen (secondary N) is 1. The average Bonchev–Trinajstić information content (AvgIpc) is 3.50. The molecule has 32 heavy (non-hydrogen) atoms. The van der Waals surface area contributed by atoms with Gasteiger partial charge in [-0.3, -0.25) is 4.79 Å². The van der Waals surface area contributed by atoms with Crippen LogP contribution in [-0.4, -0.2) is 51.7 Å². The molecule has 0 fully saturated rings. The van der Waals surface area contributed by atoms with E-state index in [1.807, 2.05) is 0 Å². The van der Waals surface area contributed by atoms with Crippen LogP contribution >= 0.6 is 23.4 Å². The smallest absolute Gasteiger partial charge is 0.293 e. The normalized spacial score (nSPS) is 11.7. The lowest BCUT2D eigenvalue weighted by Crippen LogP contribution is -2.21. The van der Waals surface area contributed by atoms with Crippen molar-refractivity contribution in [3.8, 4) is 5.82 Å². The largest absolute Gasteiger partial charge is 0.378 e. The van der Waals surface area contributed by atoms with Gasteiger partial charge in [0.1, 0.15) is 6.33 Å². The Kier molecular flexibility index (Phi) is 6.13. The summed E-state index contributed by atoms with van der Waals surface area (Å²) < 4.78 is 7.68. The van der Waals surface area contributed by atoms with Gasteiger partial charge in [0.2, 0.25) is 11.6 Å². The van der Waals surface area contributed by atoms with Gasteiger partial charge in [-0.2, -0.15) is 9.78 Å². The summed E-state index contributed by atoms with van der Waals surface area (Å²) in [6.07, 6.45) is 1.57. The van der Waals surface area contributed by atoms with E-state index in [4.69, 9.17) is 17.3 Å². The first-order valence-electron chi connectivity index (χ1n) is 9.04. The zero-order valence-electron chi connectivity index (χ0n) is 16.8.